The van der Waals surface area contributed by atoms with Gasteiger partial charge in [0.2, 0.25) is 5.91 Å². The Balaban J connectivity index is 1.58. The molecule has 0 bridgehead atoms. The third-order valence-electron chi connectivity index (χ3n) is 7.43. The molecule has 0 radical (unpaired) electrons. The van der Waals surface area contributed by atoms with Gasteiger partial charge in [0.05, 0.1) is 30.9 Å². The maximum atomic E-state index is 13.3. The molecule has 3 amide bonds. The van der Waals surface area contributed by atoms with E-state index in [0.29, 0.717) is 43.0 Å². The molecule has 2 aliphatic rings. The van der Waals surface area contributed by atoms with Crippen LogP contribution in [0.2, 0.25) is 0 Å². The molecule has 1 atom stereocenters. The summed E-state index contributed by atoms with van der Waals surface area (Å²) in [4.78, 5) is 53.5. The Kier molecular flexibility index (Phi) is 9.06. The highest BCUT2D eigenvalue weighted by molar-refractivity contribution is 6.01. The van der Waals surface area contributed by atoms with E-state index in [0.717, 1.165) is 36.9 Å². The number of carbonyl (C=O) groups is 4. The molecule has 2 fully saturated rings. The molecule has 10 nitrogen and oxygen atoms in total. The number of aliphatic carboxylic acids is 1. The minimum atomic E-state index is -1.02. The number of ether oxygens (including phenoxy) is 1. The van der Waals surface area contributed by atoms with Gasteiger partial charge in [-0.05, 0) is 49.9 Å². The first-order chi connectivity index (χ1) is 18.7. The van der Waals surface area contributed by atoms with E-state index < -0.39 is 17.9 Å². The maximum absolute atomic E-state index is 13.3. The largest absolute Gasteiger partial charge is 0.481 e. The lowest BCUT2D eigenvalue weighted by atomic mass is 9.85. The summed E-state index contributed by atoms with van der Waals surface area (Å²) >= 11 is 0. The van der Waals surface area contributed by atoms with E-state index in [1.165, 1.54) is 7.11 Å². The SMILES string of the molecule is COC(=O)N1CCCN(c2ccc(C(=O)NC(CC(=O)O)c3ccc(C)cc3)cc2NC(=O)C2CCC2)CC1. The van der Waals surface area contributed by atoms with Crippen molar-refractivity contribution in [1.29, 1.82) is 0 Å². The summed E-state index contributed by atoms with van der Waals surface area (Å²) in [7, 11) is 1.36. The Morgan fingerprint density at radius 3 is 2.38 bits per heavy atom. The molecule has 4 rings (SSSR count). The van der Waals surface area contributed by atoms with Crippen molar-refractivity contribution in [1.82, 2.24) is 10.2 Å². The summed E-state index contributed by atoms with van der Waals surface area (Å²) in [6, 6.07) is 11.8. The van der Waals surface area contributed by atoms with Gasteiger partial charge in [-0.3, -0.25) is 14.4 Å². The van der Waals surface area contributed by atoms with Crippen molar-refractivity contribution in [3.8, 4) is 0 Å². The molecule has 2 aromatic carbocycles. The van der Waals surface area contributed by atoms with E-state index in [2.05, 4.69) is 15.5 Å². The minimum Gasteiger partial charge on any atom is -0.481 e. The van der Waals surface area contributed by atoms with Crippen LogP contribution in [0.25, 0.3) is 0 Å². The number of hydrogen-bond donors (Lipinski definition) is 3. The van der Waals surface area contributed by atoms with Gasteiger partial charge in [-0.2, -0.15) is 0 Å². The van der Waals surface area contributed by atoms with Gasteiger partial charge in [0.1, 0.15) is 0 Å². The number of hydrogen-bond acceptors (Lipinski definition) is 6. The van der Waals surface area contributed by atoms with E-state index in [9.17, 15) is 24.3 Å². The molecule has 1 aliphatic carbocycles. The van der Waals surface area contributed by atoms with Crippen molar-refractivity contribution in [2.24, 2.45) is 5.92 Å². The summed E-state index contributed by atoms with van der Waals surface area (Å²) in [5.41, 5.74) is 3.34. The number of anilines is 2. The Bertz CT molecular complexity index is 1210. The molecular formula is C29H36N4O6. The van der Waals surface area contributed by atoms with Crippen LogP contribution in [-0.4, -0.2) is 67.2 Å². The lowest BCUT2D eigenvalue weighted by molar-refractivity contribution is -0.137. The normalized spacial score (nSPS) is 16.5. The van der Waals surface area contributed by atoms with Gasteiger partial charge in [-0.15, -0.1) is 0 Å². The molecule has 1 saturated carbocycles. The molecular weight excluding hydrogens is 500 g/mol. The topological polar surface area (TPSA) is 128 Å². The molecule has 0 spiro atoms. The first-order valence-electron chi connectivity index (χ1n) is 13.4. The maximum Gasteiger partial charge on any atom is 0.409 e. The zero-order chi connectivity index (χ0) is 27.9. The van der Waals surface area contributed by atoms with Gasteiger partial charge in [-0.25, -0.2) is 4.79 Å². The Labute approximate surface area is 228 Å². The molecule has 1 unspecified atom stereocenters. The predicted octanol–water partition coefficient (Wildman–Crippen LogP) is 3.96. The average molecular weight is 537 g/mol. The highest BCUT2D eigenvalue weighted by atomic mass is 16.5. The Morgan fingerprint density at radius 2 is 1.74 bits per heavy atom. The van der Waals surface area contributed by atoms with E-state index in [4.69, 9.17) is 4.74 Å². The van der Waals surface area contributed by atoms with E-state index in [1.807, 2.05) is 31.2 Å². The monoisotopic (exact) mass is 536 g/mol. The summed E-state index contributed by atoms with van der Waals surface area (Å²) < 4.78 is 4.87. The van der Waals surface area contributed by atoms with Crippen molar-refractivity contribution in [2.45, 2.75) is 45.1 Å². The van der Waals surface area contributed by atoms with Crippen LogP contribution in [0.3, 0.4) is 0 Å². The number of carbonyl (C=O) groups excluding carboxylic acids is 3. The zero-order valence-corrected chi connectivity index (χ0v) is 22.4. The second kappa shape index (κ2) is 12.6. The fraction of sp³-hybridized carbons (Fsp3) is 0.448. The second-order valence-corrected chi connectivity index (χ2v) is 10.2. The molecule has 1 heterocycles. The highest BCUT2D eigenvalue weighted by Gasteiger charge is 2.28. The quantitative estimate of drug-likeness (QED) is 0.466. The molecule has 2 aromatic rings. The van der Waals surface area contributed by atoms with Gasteiger partial charge in [0.15, 0.2) is 0 Å². The van der Waals surface area contributed by atoms with E-state index >= 15 is 0 Å². The van der Waals surface area contributed by atoms with Crippen LogP contribution in [0, 0.1) is 12.8 Å². The lowest BCUT2D eigenvalue weighted by Gasteiger charge is -2.29. The minimum absolute atomic E-state index is 0.0456. The van der Waals surface area contributed by atoms with E-state index in [1.54, 1.807) is 23.1 Å². The summed E-state index contributed by atoms with van der Waals surface area (Å²) in [5, 5.41) is 15.3. The van der Waals surface area contributed by atoms with Gasteiger partial charge < -0.3 is 30.3 Å². The van der Waals surface area contributed by atoms with Gasteiger partial charge in [0, 0.05) is 37.7 Å². The molecule has 39 heavy (non-hydrogen) atoms. The third-order valence-corrected chi connectivity index (χ3v) is 7.43. The zero-order valence-electron chi connectivity index (χ0n) is 22.4. The van der Waals surface area contributed by atoms with Crippen LogP contribution >= 0.6 is 0 Å². The van der Waals surface area contributed by atoms with Crippen LogP contribution in [0.1, 0.15) is 59.6 Å². The molecule has 10 heteroatoms. The van der Waals surface area contributed by atoms with E-state index in [-0.39, 0.29) is 24.3 Å². The number of nitrogens with one attached hydrogen (secondary N) is 2. The molecule has 1 saturated heterocycles. The summed E-state index contributed by atoms with van der Waals surface area (Å²) in [6.45, 7) is 4.18. The van der Waals surface area contributed by atoms with Crippen molar-refractivity contribution in [3.05, 3.63) is 59.2 Å². The van der Waals surface area contributed by atoms with Gasteiger partial charge >= 0.3 is 12.1 Å². The van der Waals surface area contributed by atoms with Crippen LogP contribution < -0.4 is 15.5 Å². The summed E-state index contributed by atoms with van der Waals surface area (Å²) in [5.74, 6) is -1.57. The first-order valence-corrected chi connectivity index (χ1v) is 13.4. The van der Waals surface area contributed by atoms with Crippen LogP contribution in [0.4, 0.5) is 16.2 Å². The van der Waals surface area contributed by atoms with Gasteiger partial charge in [0.25, 0.3) is 5.91 Å². The number of benzene rings is 2. The van der Waals surface area contributed by atoms with Crippen LogP contribution in [0.5, 0.6) is 0 Å². The average Bonchev–Trinajstić information content (AvgIpc) is 3.13. The molecule has 208 valence electrons. The second-order valence-electron chi connectivity index (χ2n) is 10.2. The van der Waals surface area contributed by atoms with Gasteiger partial charge in [-0.1, -0.05) is 36.2 Å². The lowest BCUT2D eigenvalue weighted by Crippen LogP contribution is -2.35. The number of carboxylic acids is 1. The number of methoxy groups -OCH3 is 1. The first kappa shape index (κ1) is 27.9. The molecule has 0 aromatic heterocycles. The predicted molar refractivity (Wildman–Crippen MR) is 147 cm³/mol. The Morgan fingerprint density at radius 1 is 1.00 bits per heavy atom. The highest BCUT2D eigenvalue weighted by Crippen LogP contribution is 2.32. The number of rotatable bonds is 8. The van der Waals surface area contributed by atoms with Crippen LogP contribution in [-0.2, 0) is 14.3 Å². The summed E-state index contributed by atoms with van der Waals surface area (Å²) in [6.07, 6.45) is 2.79. The third kappa shape index (κ3) is 7.07. The molecule has 1 aliphatic heterocycles. The fourth-order valence-corrected chi connectivity index (χ4v) is 4.90. The van der Waals surface area contributed by atoms with Crippen molar-refractivity contribution in [2.75, 3.05) is 43.5 Å². The standard InChI is InChI=1S/C29H36N4O6/c1-19-7-9-20(10-8-19)23(18-26(34)35)30-28(37)22-11-12-25(24(17-22)31-27(36)21-5-3-6-21)32-13-4-14-33(16-15-32)29(38)39-2/h7-12,17,21,23H,3-6,13-16,18H2,1-2H3,(H,30,37)(H,31,36)(H,34,35). The van der Waals surface area contributed by atoms with Crippen LogP contribution in [0.15, 0.2) is 42.5 Å². The molecule has 3 N–H and O–H groups in total. The van der Waals surface area contributed by atoms with Crippen molar-refractivity contribution >= 4 is 35.3 Å². The van der Waals surface area contributed by atoms with Crippen molar-refractivity contribution < 1.29 is 29.0 Å². The number of nitrogens with zero attached hydrogens (tertiary/aromatic N) is 2. The number of amides is 3. The smallest absolute Gasteiger partial charge is 0.409 e. The number of aryl methyl sites for hydroxylation is 1. The van der Waals surface area contributed by atoms with Crippen molar-refractivity contribution in [3.63, 3.8) is 0 Å². The number of carboxylic acid groups (broad SMARTS) is 1. The fourth-order valence-electron chi connectivity index (χ4n) is 4.90. The Hall–Kier alpha value is -4.08.